The average molecular weight is 706 g/mol. The first kappa shape index (κ1) is 37.6. The molecule has 1 aromatic carbocycles. The highest BCUT2D eigenvalue weighted by Gasteiger charge is 2.70. The van der Waals surface area contributed by atoms with E-state index >= 15 is 0 Å². The third kappa shape index (κ3) is 6.23. The zero-order chi connectivity index (χ0) is 37.0. The molecule has 280 valence electrons. The zero-order valence-corrected chi connectivity index (χ0v) is 31.5. The van der Waals surface area contributed by atoms with Crippen LogP contribution in [0.15, 0.2) is 30.3 Å². The molecule has 0 radical (unpaired) electrons. The molecule has 9 nitrogen and oxygen atoms in total. The van der Waals surface area contributed by atoms with Gasteiger partial charge in [0.1, 0.15) is 5.56 Å². The van der Waals surface area contributed by atoms with Gasteiger partial charge in [-0.2, -0.15) is 0 Å². The SMILES string of the molecule is CC1(C)C(c2ccc(C(=O)[OH2+])cc2)=CC[C@]2(C)[C@H]3CC[C@@H]4[C@H]5CCC[C@]5(C(=O)NCCN(CCC(=O)O)CCC(=O)O)CC[C@@]4(C)[C@]3(C)CC[C@@H]12. The molecule has 6 rings (SSSR count). The number of hydrogen-bond acceptors (Lipinski definition) is 5. The number of benzene rings is 1. The highest BCUT2D eigenvalue weighted by molar-refractivity contribution is 5.88. The summed E-state index contributed by atoms with van der Waals surface area (Å²) >= 11 is 0. The Morgan fingerprint density at radius 2 is 1.45 bits per heavy atom. The van der Waals surface area contributed by atoms with E-state index in [2.05, 4.69) is 46.0 Å². The molecule has 1 amide bonds. The number of rotatable bonds is 12. The Labute approximate surface area is 303 Å². The molecule has 0 aliphatic heterocycles. The summed E-state index contributed by atoms with van der Waals surface area (Å²) in [4.78, 5) is 50.1. The number of carboxylic acids is 2. The van der Waals surface area contributed by atoms with Crippen molar-refractivity contribution in [2.75, 3.05) is 26.2 Å². The Bertz CT molecular complexity index is 1550. The van der Waals surface area contributed by atoms with Gasteiger partial charge in [0.25, 0.3) is 0 Å². The monoisotopic (exact) mass is 705 g/mol. The van der Waals surface area contributed by atoms with Gasteiger partial charge >= 0.3 is 17.9 Å². The van der Waals surface area contributed by atoms with Gasteiger partial charge in [0.05, 0.1) is 18.3 Å². The first-order valence-corrected chi connectivity index (χ1v) is 19.5. The van der Waals surface area contributed by atoms with Crippen LogP contribution in [0.1, 0.15) is 128 Å². The van der Waals surface area contributed by atoms with Crippen molar-refractivity contribution >= 4 is 29.4 Å². The third-order valence-corrected chi connectivity index (χ3v) is 15.8. The van der Waals surface area contributed by atoms with E-state index in [4.69, 9.17) is 5.11 Å². The van der Waals surface area contributed by atoms with E-state index < -0.39 is 17.9 Å². The molecule has 5 aliphatic rings. The van der Waals surface area contributed by atoms with Gasteiger partial charge in [0.2, 0.25) is 5.91 Å². The van der Waals surface area contributed by atoms with Crippen LogP contribution in [-0.4, -0.2) is 70.2 Å². The van der Waals surface area contributed by atoms with Crippen LogP contribution in [0.5, 0.6) is 0 Å². The predicted octanol–water partition coefficient (Wildman–Crippen LogP) is 6.77. The van der Waals surface area contributed by atoms with E-state index in [0.717, 1.165) is 50.5 Å². The van der Waals surface area contributed by atoms with Crippen LogP contribution in [0.2, 0.25) is 0 Å². The van der Waals surface area contributed by atoms with Crippen LogP contribution in [-0.2, 0) is 14.4 Å². The molecule has 4 fully saturated rings. The number of carboxylic acid groups (broad SMARTS) is 2. The Balaban J connectivity index is 1.19. The van der Waals surface area contributed by atoms with Gasteiger partial charge in [-0.25, -0.2) is 0 Å². The van der Waals surface area contributed by atoms with Gasteiger partial charge in [-0.1, -0.05) is 59.2 Å². The highest BCUT2D eigenvalue weighted by atomic mass is 16.4. The molecule has 0 aromatic heterocycles. The lowest BCUT2D eigenvalue weighted by Gasteiger charge is -2.72. The lowest BCUT2D eigenvalue weighted by molar-refractivity contribution is -0.222. The maximum Gasteiger partial charge on any atom is 0.549 e. The Hall–Kier alpha value is -3.20. The number of fused-ring (bicyclic) bond motifs is 7. The number of carbonyl (C=O) groups is 4. The maximum absolute atomic E-state index is 14.2. The van der Waals surface area contributed by atoms with Crippen molar-refractivity contribution < 1.29 is 34.5 Å². The first-order valence-electron chi connectivity index (χ1n) is 19.5. The van der Waals surface area contributed by atoms with Gasteiger partial charge in [0, 0.05) is 31.0 Å². The lowest BCUT2D eigenvalue weighted by atomic mass is 9.32. The van der Waals surface area contributed by atoms with Crippen molar-refractivity contribution in [3.05, 3.63) is 41.5 Å². The number of aliphatic carboxylic acids is 2. The van der Waals surface area contributed by atoms with Gasteiger partial charge in [-0.05, 0) is 126 Å². The maximum atomic E-state index is 14.2. The molecule has 4 saturated carbocycles. The van der Waals surface area contributed by atoms with Crippen LogP contribution in [0.4, 0.5) is 0 Å². The summed E-state index contributed by atoms with van der Waals surface area (Å²) < 4.78 is 0. The number of amides is 1. The van der Waals surface area contributed by atoms with Crippen molar-refractivity contribution in [3.63, 3.8) is 0 Å². The molecule has 1 aromatic rings. The second kappa shape index (κ2) is 13.7. The van der Waals surface area contributed by atoms with Gasteiger partial charge in [0.15, 0.2) is 0 Å². The summed E-state index contributed by atoms with van der Waals surface area (Å²) in [7, 11) is 0. The Morgan fingerprint density at radius 3 is 2.08 bits per heavy atom. The van der Waals surface area contributed by atoms with E-state index in [1.54, 1.807) is 12.1 Å². The van der Waals surface area contributed by atoms with Crippen molar-refractivity contribution in [2.45, 2.75) is 112 Å². The second-order valence-electron chi connectivity index (χ2n) is 18.2. The molecule has 5 N–H and O–H groups in total. The summed E-state index contributed by atoms with van der Waals surface area (Å²) in [5, 5.41) is 29.1. The minimum absolute atomic E-state index is 0.0271. The van der Waals surface area contributed by atoms with Crippen LogP contribution < -0.4 is 5.32 Å². The van der Waals surface area contributed by atoms with Gasteiger partial charge in [-0.15, -0.1) is 0 Å². The zero-order valence-electron chi connectivity index (χ0n) is 31.5. The topological polar surface area (TPSA) is 147 Å². The quantitative estimate of drug-likeness (QED) is 0.204. The van der Waals surface area contributed by atoms with Crippen molar-refractivity contribution in [2.24, 2.45) is 50.7 Å². The summed E-state index contributed by atoms with van der Waals surface area (Å²) in [5.41, 5.74) is 3.07. The fourth-order valence-corrected chi connectivity index (χ4v) is 13.2. The number of nitrogens with zero attached hydrogens (tertiary/aromatic N) is 1. The Kier molecular flexibility index (Phi) is 10.1. The summed E-state index contributed by atoms with van der Waals surface area (Å²) in [5.74, 6) is -0.329. The number of hydrogen-bond donors (Lipinski definition) is 3. The molecule has 0 bridgehead atoms. The standard InChI is InChI=1S/C42H60N2O7/c1-38(2)29(27-8-10-28(11-9-27)36(49)50)14-19-39(3)32(38)15-20-41(5)33(39)13-12-30-31-7-6-18-42(31,22-21-40(30,41)4)37(51)43-23-26-44(24-16-34(45)46)25-17-35(47)48/h8-11,14,30-33H,6-7,12-13,15-26H2,1-5H3,(H,43,51)(H,45,46)(H,47,48)(H,49,50)/p+1/t30-,31-,32+,33-,39+,40-,41-,42+/m1/s1. The number of carbonyl (C=O) groups excluding carboxylic acids is 2. The van der Waals surface area contributed by atoms with E-state index in [1.807, 2.05) is 17.0 Å². The van der Waals surface area contributed by atoms with Crippen molar-refractivity contribution in [1.29, 1.82) is 0 Å². The van der Waals surface area contributed by atoms with E-state index in [0.29, 0.717) is 42.3 Å². The molecule has 0 heterocycles. The van der Waals surface area contributed by atoms with Gasteiger partial charge < -0.3 is 25.5 Å². The average Bonchev–Trinajstić information content (AvgIpc) is 3.51. The molecule has 0 unspecified atom stereocenters. The number of allylic oxidation sites excluding steroid dienone is 2. The van der Waals surface area contributed by atoms with Crippen LogP contribution in [0, 0.1) is 50.7 Å². The molecule has 0 saturated heterocycles. The fraction of sp³-hybridized carbons (Fsp3) is 0.714. The van der Waals surface area contributed by atoms with Crippen LogP contribution in [0.3, 0.4) is 0 Å². The smallest absolute Gasteiger partial charge is 0.549 e. The third-order valence-electron chi connectivity index (χ3n) is 15.8. The molecular weight excluding hydrogens is 644 g/mol. The number of nitrogens with one attached hydrogen (secondary N) is 1. The first-order chi connectivity index (χ1) is 24.0. The normalized spacial score (nSPS) is 36.5. The Morgan fingerprint density at radius 1 is 0.784 bits per heavy atom. The minimum atomic E-state index is -0.914. The molecular formula is C42H61N2O7+. The molecule has 9 heteroatoms. The van der Waals surface area contributed by atoms with Gasteiger partial charge in [-0.3, -0.25) is 14.4 Å². The highest BCUT2D eigenvalue weighted by Crippen LogP contribution is 2.77. The van der Waals surface area contributed by atoms with E-state index in [1.165, 1.54) is 24.8 Å². The minimum Gasteiger partial charge on any atom is -0.561 e. The van der Waals surface area contributed by atoms with E-state index in [-0.39, 0.29) is 58.9 Å². The summed E-state index contributed by atoms with van der Waals surface area (Å²) in [6, 6.07) is 7.64. The summed E-state index contributed by atoms with van der Waals surface area (Å²) in [6.45, 7) is 14.0. The van der Waals surface area contributed by atoms with Crippen LogP contribution in [0.25, 0.3) is 5.57 Å². The van der Waals surface area contributed by atoms with Crippen molar-refractivity contribution in [3.8, 4) is 0 Å². The molecule has 5 aliphatic carbocycles. The second-order valence-corrected chi connectivity index (χ2v) is 18.2. The summed E-state index contributed by atoms with van der Waals surface area (Å²) in [6.07, 6.45) is 13.2. The molecule has 51 heavy (non-hydrogen) atoms. The largest absolute Gasteiger partial charge is 0.561 e. The fourth-order valence-electron chi connectivity index (χ4n) is 13.2. The van der Waals surface area contributed by atoms with Crippen molar-refractivity contribution in [1.82, 2.24) is 10.2 Å². The lowest BCUT2D eigenvalue weighted by Crippen LogP contribution is -2.66. The predicted molar refractivity (Wildman–Crippen MR) is 197 cm³/mol. The van der Waals surface area contributed by atoms with Crippen LogP contribution >= 0.6 is 0 Å². The molecule has 8 atom stereocenters. The molecule has 0 spiro atoms. The van der Waals surface area contributed by atoms with E-state index in [9.17, 15) is 29.4 Å².